The Labute approximate surface area is 113 Å². The molecule has 0 aromatic rings. The van der Waals surface area contributed by atoms with Crippen molar-refractivity contribution in [3.8, 4) is 0 Å². The van der Waals surface area contributed by atoms with E-state index >= 15 is 0 Å². The highest BCUT2D eigenvalue weighted by Crippen LogP contribution is 2.23. The van der Waals surface area contributed by atoms with Crippen LogP contribution in [-0.2, 0) is 0 Å². The van der Waals surface area contributed by atoms with Crippen LogP contribution in [0.3, 0.4) is 0 Å². The molecule has 0 bridgehead atoms. The highest BCUT2D eigenvalue weighted by molar-refractivity contribution is 4.84. The Kier molecular flexibility index (Phi) is 6.61. The molecule has 0 aliphatic heterocycles. The zero-order chi connectivity index (χ0) is 13.6. The molecule has 0 aromatic carbocycles. The van der Waals surface area contributed by atoms with Gasteiger partial charge in [-0.2, -0.15) is 0 Å². The summed E-state index contributed by atoms with van der Waals surface area (Å²) < 4.78 is 0. The number of aliphatic hydroxyl groups excluding tert-OH is 1. The molecule has 0 spiro atoms. The zero-order valence-corrected chi connectivity index (χ0v) is 12.7. The summed E-state index contributed by atoms with van der Waals surface area (Å²) in [7, 11) is 2.25. The predicted molar refractivity (Wildman–Crippen MR) is 77.9 cm³/mol. The minimum Gasteiger partial charge on any atom is -0.394 e. The fourth-order valence-electron chi connectivity index (χ4n) is 3.14. The second kappa shape index (κ2) is 7.46. The van der Waals surface area contributed by atoms with Crippen LogP contribution >= 0.6 is 0 Å². The predicted octanol–water partition coefficient (Wildman–Crippen LogP) is 2.39. The summed E-state index contributed by atoms with van der Waals surface area (Å²) in [5.41, 5.74) is -0.120. The fourth-order valence-corrected chi connectivity index (χ4v) is 3.14. The summed E-state index contributed by atoms with van der Waals surface area (Å²) in [6.45, 7) is 7.78. The van der Waals surface area contributed by atoms with E-state index < -0.39 is 0 Å². The molecule has 108 valence electrons. The van der Waals surface area contributed by atoms with Crippen molar-refractivity contribution in [1.82, 2.24) is 10.2 Å². The minimum absolute atomic E-state index is 0.120. The van der Waals surface area contributed by atoms with Gasteiger partial charge in [-0.05, 0) is 46.2 Å². The van der Waals surface area contributed by atoms with E-state index in [1.54, 1.807) is 0 Å². The highest BCUT2D eigenvalue weighted by Gasteiger charge is 2.24. The summed E-state index contributed by atoms with van der Waals surface area (Å²) >= 11 is 0. The van der Waals surface area contributed by atoms with Crippen LogP contribution in [0.2, 0.25) is 0 Å². The van der Waals surface area contributed by atoms with Gasteiger partial charge in [-0.3, -0.25) is 0 Å². The van der Waals surface area contributed by atoms with Crippen molar-refractivity contribution < 1.29 is 5.11 Å². The van der Waals surface area contributed by atoms with Gasteiger partial charge in [0.15, 0.2) is 0 Å². The van der Waals surface area contributed by atoms with Gasteiger partial charge in [-0.1, -0.05) is 26.7 Å². The quantitative estimate of drug-likeness (QED) is 0.700. The lowest BCUT2D eigenvalue weighted by atomic mass is 9.95. The first-order chi connectivity index (χ1) is 8.47. The van der Waals surface area contributed by atoms with Crippen LogP contribution in [-0.4, -0.2) is 47.8 Å². The summed E-state index contributed by atoms with van der Waals surface area (Å²) in [4.78, 5) is 2.51. The van der Waals surface area contributed by atoms with E-state index in [9.17, 15) is 5.11 Å². The number of nitrogens with one attached hydrogen (secondary N) is 1. The van der Waals surface area contributed by atoms with Crippen molar-refractivity contribution in [3.63, 3.8) is 0 Å². The van der Waals surface area contributed by atoms with E-state index in [0.29, 0.717) is 6.04 Å². The molecule has 1 unspecified atom stereocenters. The Bertz CT molecular complexity index is 227. The van der Waals surface area contributed by atoms with Crippen molar-refractivity contribution in [2.45, 2.75) is 76.9 Å². The summed E-state index contributed by atoms with van der Waals surface area (Å²) in [5.74, 6) is 0. The molecule has 3 nitrogen and oxygen atoms in total. The Morgan fingerprint density at radius 3 is 2.44 bits per heavy atom. The molecule has 3 heteroatoms. The molecule has 0 aromatic heterocycles. The van der Waals surface area contributed by atoms with Crippen LogP contribution in [0.1, 0.15) is 59.3 Å². The van der Waals surface area contributed by atoms with Crippen LogP contribution in [0.25, 0.3) is 0 Å². The largest absolute Gasteiger partial charge is 0.394 e. The monoisotopic (exact) mass is 256 g/mol. The highest BCUT2D eigenvalue weighted by atomic mass is 16.3. The molecule has 0 amide bonds. The van der Waals surface area contributed by atoms with Gasteiger partial charge < -0.3 is 15.3 Å². The van der Waals surface area contributed by atoms with E-state index in [0.717, 1.165) is 25.4 Å². The van der Waals surface area contributed by atoms with Gasteiger partial charge in [-0.25, -0.2) is 0 Å². The van der Waals surface area contributed by atoms with Gasteiger partial charge in [0.2, 0.25) is 0 Å². The van der Waals surface area contributed by atoms with Crippen LogP contribution in [0.4, 0.5) is 0 Å². The van der Waals surface area contributed by atoms with Gasteiger partial charge >= 0.3 is 0 Å². The smallest absolute Gasteiger partial charge is 0.0610 e. The molecule has 2 N–H and O–H groups in total. The molecule has 0 heterocycles. The molecule has 1 atom stereocenters. The van der Waals surface area contributed by atoms with Crippen LogP contribution in [0.15, 0.2) is 0 Å². The Morgan fingerprint density at radius 2 is 1.94 bits per heavy atom. The number of aliphatic hydroxyl groups is 1. The number of nitrogens with zero attached hydrogens (tertiary/aromatic N) is 1. The lowest BCUT2D eigenvalue weighted by molar-refractivity contribution is 0.146. The van der Waals surface area contributed by atoms with E-state index in [-0.39, 0.29) is 12.1 Å². The zero-order valence-electron chi connectivity index (χ0n) is 12.7. The van der Waals surface area contributed by atoms with Gasteiger partial charge in [0, 0.05) is 17.6 Å². The Morgan fingerprint density at radius 1 is 1.33 bits per heavy atom. The van der Waals surface area contributed by atoms with E-state index in [1.165, 1.54) is 25.7 Å². The average molecular weight is 256 g/mol. The molecule has 1 saturated carbocycles. The van der Waals surface area contributed by atoms with Gasteiger partial charge in [0.05, 0.1) is 6.61 Å². The van der Waals surface area contributed by atoms with E-state index in [2.05, 4.69) is 38.0 Å². The average Bonchev–Trinajstić information content (AvgIpc) is 2.81. The third-order valence-electron chi connectivity index (χ3n) is 4.17. The van der Waals surface area contributed by atoms with Crippen molar-refractivity contribution in [1.29, 1.82) is 0 Å². The maximum atomic E-state index is 9.53. The van der Waals surface area contributed by atoms with Crippen molar-refractivity contribution in [2.75, 3.05) is 20.2 Å². The number of hydrogen-bond acceptors (Lipinski definition) is 3. The Balaban J connectivity index is 2.25. The topological polar surface area (TPSA) is 35.5 Å². The number of rotatable bonds is 8. The lowest BCUT2D eigenvalue weighted by Gasteiger charge is -2.32. The SMILES string of the molecule is CC(C)NC(C)(CO)CCCN(C)C1CCCC1. The van der Waals surface area contributed by atoms with Gasteiger partial charge in [0.25, 0.3) is 0 Å². The van der Waals surface area contributed by atoms with Gasteiger partial charge in [-0.15, -0.1) is 0 Å². The first-order valence-corrected chi connectivity index (χ1v) is 7.55. The molecule has 1 aliphatic rings. The maximum Gasteiger partial charge on any atom is 0.0610 e. The van der Waals surface area contributed by atoms with Crippen molar-refractivity contribution in [3.05, 3.63) is 0 Å². The molecule has 0 radical (unpaired) electrons. The first kappa shape index (κ1) is 15.9. The van der Waals surface area contributed by atoms with Crippen molar-refractivity contribution >= 4 is 0 Å². The summed E-state index contributed by atoms with van der Waals surface area (Å²) in [6.07, 6.45) is 7.75. The Hall–Kier alpha value is -0.120. The first-order valence-electron chi connectivity index (χ1n) is 7.55. The van der Waals surface area contributed by atoms with Crippen LogP contribution in [0, 0.1) is 0 Å². The van der Waals surface area contributed by atoms with Crippen LogP contribution < -0.4 is 5.32 Å². The van der Waals surface area contributed by atoms with Gasteiger partial charge in [0.1, 0.15) is 0 Å². The third kappa shape index (κ3) is 5.25. The second-order valence-corrected chi connectivity index (χ2v) is 6.54. The molecule has 1 fully saturated rings. The molecule has 18 heavy (non-hydrogen) atoms. The second-order valence-electron chi connectivity index (χ2n) is 6.54. The number of hydrogen-bond donors (Lipinski definition) is 2. The summed E-state index contributed by atoms with van der Waals surface area (Å²) in [5, 5.41) is 13.0. The molecular formula is C15H32N2O. The van der Waals surface area contributed by atoms with Crippen LogP contribution in [0.5, 0.6) is 0 Å². The molecule has 1 aliphatic carbocycles. The fraction of sp³-hybridized carbons (Fsp3) is 1.00. The standard InChI is InChI=1S/C15H32N2O/c1-13(2)16-15(3,12-18)10-7-11-17(4)14-8-5-6-9-14/h13-14,16,18H,5-12H2,1-4H3. The molecule has 1 rings (SSSR count). The normalized spacial score (nSPS) is 20.8. The summed E-state index contributed by atoms with van der Waals surface area (Å²) in [6, 6.07) is 1.23. The van der Waals surface area contributed by atoms with Crippen molar-refractivity contribution in [2.24, 2.45) is 0 Å². The minimum atomic E-state index is -0.120. The third-order valence-corrected chi connectivity index (χ3v) is 4.17. The van der Waals surface area contributed by atoms with E-state index in [4.69, 9.17) is 0 Å². The van der Waals surface area contributed by atoms with E-state index in [1.807, 2.05) is 0 Å². The molecule has 0 saturated heterocycles. The maximum absolute atomic E-state index is 9.53. The lowest BCUT2D eigenvalue weighted by Crippen LogP contribution is -2.49. The molecular weight excluding hydrogens is 224 g/mol.